The molecule has 0 saturated carbocycles. The molecule has 0 amide bonds. The standard InChI is InChI=1S/C17H26O2/c1-4-10-16(18)19-17(13-5-2,14-6-3)15-11-8-7-9-12-15/h7-9,11-12H,4-6,10,13-14H2,1-3H3. The molecule has 2 heteroatoms. The van der Waals surface area contributed by atoms with Crippen molar-refractivity contribution in [3.63, 3.8) is 0 Å². The van der Waals surface area contributed by atoms with Crippen molar-refractivity contribution in [1.29, 1.82) is 0 Å². The van der Waals surface area contributed by atoms with E-state index in [9.17, 15) is 4.79 Å². The third kappa shape index (κ3) is 4.38. The summed E-state index contributed by atoms with van der Waals surface area (Å²) in [5, 5.41) is 0. The Morgan fingerprint density at radius 3 is 2.05 bits per heavy atom. The Kier molecular flexibility index (Phi) is 6.61. The van der Waals surface area contributed by atoms with E-state index in [0.29, 0.717) is 6.42 Å². The van der Waals surface area contributed by atoms with Crippen molar-refractivity contribution in [2.24, 2.45) is 0 Å². The fraction of sp³-hybridized carbons (Fsp3) is 0.588. The first-order valence-electron chi connectivity index (χ1n) is 7.46. The Morgan fingerprint density at radius 2 is 1.58 bits per heavy atom. The predicted molar refractivity (Wildman–Crippen MR) is 78.9 cm³/mol. The van der Waals surface area contributed by atoms with Crippen LogP contribution in [0, 0.1) is 0 Å². The minimum Gasteiger partial charge on any atom is -0.454 e. The van der Waals surface area contributed by atoms with Crippen LogP contribution in [0.25, 0.3) is 0 Å². The highest BCUT2D eigenvalue weighted by molar-refractivity contribution is 5.70. The first-order chi connectivity index (χ1) is 9.18. The molecule has 19 heavy (non-hydrogen) atoms. The van der Waals surface area contributed by atoms with Gasteiger partial charge in [-0.1, -0.05) is 63.9 Å². The molecule has 0 aliphatic carbocycles. The molecule has 0 heterocycles. The average Bonchev–Trinajstić information content (AvgIpc) is 2.40. The monoisotopic (exact) mass is 262 g/mol. The Balaban J connectivity index is 3.03. The maximum absolute atomic E-state index is 12.0. The second-order valence-corrected chi connectivity index (χ2v) is 5.08. The average molecular weight is 262 g/mol. The van der Waals surface area contributed by atoms with Gasteiger partial charge in [0, 0.05) is 6.42 Å². The maximum atomic E-state index is 12.0. The minimum absolute atomic E-state index is 0.0757. The zero-order valence-electron chi connectivity index (χ0n) is 12.4. The fourth-order valence-corrected chi connectivity index (χ4v) is 2.60. The van der Waals surface area contributed by atoms with E-state index >= 15 is 0 Å². The van der Waals surface area contributed by atoms with Gasteiger partial charge in [-0.2, -0.15) is 0 Å². The lowest BCUT2D eigenvalue weighted by atomic mass is 9.85. The summed E-state index contributed by atoms with van der Waals surface area (Å²) in [7, 11) is 0. The number of rotatable bonds is 8. The molecular formula is C17H26O2. The molecule has 0 fully saturated rings. The van der Waals surface area contributed by atoms with Crippen LogP contribution in [0.1, 0.15) is 64.9 Å². The zero-order chi connectivity index (χ0) is 14.1. The number of hydrogen-bond acceptors (Lipinski definition) is 2. The highest BCUT2D eigenvalue weighted by Gasteiger charge is 2.34. The molecule has 0 unspecified atom stereocenters. The molecule has 0 bridgehead atoms. The van der Waals surface area contributed by atoms with Crippen LogP contribution in [-0.2, 0) is 15.1 Å². The molecule has 0 radical (unpaired) electrons. The van der Waals surface area contributed by atoms with E-state index in [1.807, 2.05) is 25.1 Å². The van der Waals surface area contributed by atoms with Gasteiger partial charge in [-0.15, -0.1) is 0 Å². The molecule has 1 aromatic rings. The third-order valence-corrected chi connectivity index (χ3v) is 3.37. The summed E-state index contributed by atoms with van der Waals surface area (Å²) in [6.45, 7) is 6.28. The van der Waals surface area contributed by atoms with Crippen molar-refractivity contribution in [2.45, 2.75) is 64.9 Å². The van der Waals surface area contributed by atoms with Gasteiger partial charge in [0.2, 0.25) is 0 Å². The Bertz CT molecular complexity index is 364. The first kappa shape index (κ1) is 15.7. The summed E-state index contributed by atoms with van der Waals surface area (Å²) >= 11 is 0. The predicted octanol–water partition coefficient (Wildman–Crippen LogP) is 4.83. The number of carbonyl (C=O) groups excluding carboxylic acids is 1. The van der Waals surface area contributed by atoms with Crippen LogP contribution in [-0.4, -0.2) is 5.97 Å². The normalized spacial score (nSPS) is 11.3. The molecule has 0 saturated heterocycles. The van der Waals surface area contributed by atoms with Gasteiger partial charge in [-0.3, -0.25) is 4.79 Å². The molecular weight excluding hydrogens is 236 g/mol. The molecule has 0 aliphatic rings. The van der Waals surface area contributed by atoms with Crippen LogP contribution in [0.15, 0.2) is 30.3 Å². The zero-order valence-corrected chi connectivity index (χ0v) is 12.4. The van der Waals surface area contributed by atoms with Gasteiger partial charge in [0.25, 0.3) is 0 Å². The van der Waals surface area contributed by atoms with Crippen LogP contribution >= 0.6 is 0 Å². The molecule has 0 aromatic heterocycles. The summed E-state index contributed by atoms with van der Waals surface area (Å²) in [6.07, 6.45) is 5.13. The number of esters is 1. The largest absolute Gasteiger partial charge is 0.454 e. The van der Waals surface area contributed by atoms with Crippen molar-refractivity contribution in [3.05, 3.63) is 35.9 Å². The minimum atomic E-state index is -0.434. The van der Waals surface area contributed by atoms with E-state index in [1.165, 1.54) is 0 Å². The van der Waals surface area contributed by atoms with Gasteiger partial charge in [0.1, 0.15) is 5.60 Å². The number of carbonyl (C=O) groups is 1. The molecule has 1 rings (SSSR count). The molecule has 0 atom stereocenters. The number of hydrogen-bond donors (Lipinski definition) is 0. The van der Waals surface area contributed by atoms with Gasteiger partial charge >= 0.3 is 5.97 Å². The van der Waals surface area contributed by atoms with Crippen LogP contribution in [0.2, 0.25) is 0 Å². The van der Waals surface area contributed by atoms with Crippen molar-refractivity contribution in [1.82, 2.24) is 0 Å². The first-order valence-corrected chi connectivity index (χ1v) is 7.46. The van der Waals surface area contributed by atoms with Gasteiger partial charge < -0.3 is 4.74 Å². The van der Waals surface area contributed by atoms with E-state index in [2.05, 4.69) is 26.0 Å². The molecule has 0 aliphatic heterocycles. The van der Waals surface area contributed by atoms with Gasteiger partial charge in [0.05, 0.1) is 0 Å². The van der Waals surface area contributed by atoms with Gasteiger partial charge in [0.15, 0.2) is 0 Å². The van der Waals surface area contributed by atoms with Crippen molar-refractivity contribution < 1.29 is 9.53 Å². The van der Waals surface area contributed by atoms with E-state index < -0.39 is 5.60 Å². The highest BCUT2D eigenvalue weighted by atomic mass is 16.6. The van der Waals surface area contributed by atoms with E-state index in [0.717, 1.165) is 37.7 Å². The molecule has 1 aromatic carbocycles. The molecule has 2 nitrogen and oxygen atoms in total. The van der Waals surface area contributed by atoms with Gasteiger partial charge in [-0.25, -0.2) is 0 Å². The summed E-state index contributed by atoms with van der Waals surface area (Å²) in [4.78, 5) is 12.0. The quantitative estimate of drug-likeness (QED) is 0.627. The van der Waals surface area contributed by atoms with Crippen molar-refractivity contribution in [3.8, 4) is 0 Å². The Hall–Kier alpha value is -1.31. The SMILES string of the molecule is CCCC(=O)OC(CCC)(CCC)c1ccccc1. The van der Waals surface area contributed by atoms with Gasteiger partial charge in [-0.05, 0) is 24.8 Å². The highest BCUT2D eigenvalue weighted by Crippen LogP contribution is 2.36. The van der Waals surface area contributed by atoms with E-state index in [-0.39, 0.29) is 5.97 Å². The van der Waals surface area contributed by atoms with E-state index in [4.69, 9.17) is 4.74 Å². The molecule has 106 valence electrons. The smallest absolute Gasteiger partial charge is 0.306 e. The Morgan fingerprint density at radius 1 is 1.00 bits per heavy atom. The summed E-state index contributed by atoms with van der Waals surface area (Å²) < 4.78 is 5.91. The summed E-state index contributed by atoms with van der Waals surface area (Å²) in [6, 6.07) is 10.2. The second kappa shape index (κ2) is 7.98. The lowest BCUT2D eigenvalue weighted by Gasteiger charge is -2.34. The lowest BCUT2D eigenvalue weighted by Crippen LogP contribution is -2.32. The van der Waals surface area contributed by atoms with E-state index in [1.54, 1.807) is 0 Å². The summed E-state index contributed by atoms with van der Waals surface area (Å²) in [5.41, 5.74) is 0.694. The Labute approximate surface area is 117 Å². The van der Waals surface area contributed by atoms with Crippen LogP contribution in [0.3, 0.4) is 0 Å². The second-order valence-electron chi connectivity index (χ2n) is 5.08. The fourth-order valence-electron chi connectivity index (χ4n) is 2.60. The lowest BCUT2D eigenvalue weighted by molar-refractivity contribution is -0.163. The number of benzene rings is 1. The third-order valence-electron chi connectivity index (χ3n) is 3.37. The summed E-state index contributed by atoms with van der Waals surface area (Å²) in [5.74, 6) is -0.0757. The molecule has 0 N–H and O–H groups in total. The van der Waals surface area contributed by atoms with Crippen LogP contribution in [0.5, 0.6) is 0 Å². The van der Waals surface area contributed by atoms with Crippen LogP contribution < -0.4 is 0 Å². The maximum Gasteiger partial charge on any atom is 0.306 e. The van der Waals surface area contributed by atoms with Crippen molar-refractivity contribution >= 4 is 5.97 Å². The number of ether oxygens (including phenoxy) is 1. The molecule has 0 spiro atoms. The topological polar surface area (TPSA) is 26.3 Å². The van der Waals surface area contributed by atoms with Crippen molar-refractivity contribution in [2.75, 3.05) is 0 Å². The van der Waals surface area contributed by atoms with Crippen LogP contribution in [0.4, 0.5) is 0 Å².